The molecule has 1 amide bonds. The molecule has 28 heavy (non-hydrogen) atoms. The van der Waals surface area contributed by atoms with Gasteiger partial charge < -0.3 is 19.9 Å². The monoisotopic (exact) mass is 381 g/mol. The van der Waals surface area contributed by atoms with Crippen LogP contribution in [-0.2, 0) is 4.74 Å². The Labute approximate surface area is 165 Å². The molecule has 0 radical (unpaired) electrons. The number of rotatable bonds is 4. The maximum atomic E-state index is 12.8. The van der Waals surface area contributed by atoms with Crippen LogP contribution in [0.3, 0.4) is 0 Å². The molecule has 1 N–H and O–H groups in total. The van der Waals surface area contributed by atoms with Crippen molar-refractivity contribution in [3.05, 3.63) is 48.3 Å². The van der Waals surface area contributed by atoms with Crippen molar-refractivity contribution in [2.75, 3.05) is 44.0 Å². The highest BCUT2D eigenvalue weighted by Gasteiger charge is 2.43. The topological polar surface area (TPSA) is 70.6 Å². The molecule has 4 rings (SSSR count). The van der Waals surface area contributed by atoms with Gasteiger partial charge in [-0.15, -0.1) is 0 Å². The minimum Gasteiger partial charge on any atom is -0.378 e. The van der Waals surface area contributed by atoms with Crippen LogP contribution in [0.2, 0.25) is 0 Å². The normalized spacial score (nSPS) is 20.9. The van der Waals surface area contributed by atoms with Crippen molar-refractivity contribution < 1.29 is 9.53 Å². The van der Waals surface area contributed by atoms with E-state index in [1.807, 2.05) is 48.2 Å². The van der Waals surface area contributed by atoms with E-state index in [1.165, 1.54) is 0 Å². The van der Waals surface area contributed by atoms with E-state index >= 15 is 0 Å². The van der Waals surface area contributed by atoms with Crippen molar-refractivity contribution in [1.82, 2.24) is 14.9 Å². The number of aromatic nitrogens is 2. The summed E-state index contributed by atoms with van der Waals surface area (Å²) in [5.74, 6) is 0.743. The zero-order chi connectivity index (χ0) is 19.6. The fraction of sp³-hybridized carbons (Fsp3) is 0.476. The van der Waals surface area contributed by atoms with Gasteiger partial charge in [-0.05, 0) is 49.6 Å². The number of nitrogens with zero attached hydrogens (tertiary/aromatic N) is 4. The minimum absolute atomic E-state index is 0.102. The van der Waals surface area contributed by atoms with Crippen molar-refractivity contribution in [3.63, 3.8) is 0 Å². The number of ether oxygens (including phenoxy) is 1. The Morgan fingerprint density at radius 2 is 1.86 bits per heavy atom. The average molecular weight is 381 g/mol. The highest BCUT2D eigenvalue weighted by atomic mass is 16.5. The zero-order valence-corrected chi connectivity index (χ0v) is 16.5. The van der Waals surface area contributed by atoms with Crippen LogP contribution in [0.4, 0.5) is 11.6 Å². The number of benzene rings is 1. The van der Waals surface area contributed by atoms with Gasteiger partial charge in [0.1, 0.15) is 0 Å². The summed E-state index contributed by atoms with van der Waals surface area (Å²) < 4.78 is 6.18. The molecule has 0 unspecified atom stereocenters. The predicted molar refractivity (Wildman–Crippen MR) is 109 cm³/mol. The molecule has 1 atom stereocenters. The SMILES string of the molecule is CN(C)c1ccc(C(=O)N2CCC3(CC2)C[C@H](Nc2ncccn2)CO3)cc1. The minimum atomic E-state index is -0.141. The quantitative estimate of drug-likeness (QED) is 0.877. The van der Waals surface area contributed by atoms with Gasteiger partial charge in [0.15, 0.2) is 0 Å². The first-order valence-electron chi connectivity index (χ1n) is 9.79. The molecule has 0 bridgehead atoms. The van der Waals surface area contributed by atoms with Crippen LogP contribution in [0.1, 0.15) is 29.6 Å². The molecule has 2 aromatic rings. The molecule has 0 aliphatic carbocycles. The average Bonchev–Trinajstić information content (AvgIpc) is 3.11. The number of hydrogen-bond acceptors (Lipinski definition) is 6. The van der Waals surface area contributed by atoms with Crippen molar-refractivity contribution in [2.24, 2.45) is 0 Å². The van der Waals surface area contributed by atoms with E-state index in [2.05, 4.69) is 15.3 Å². The second kappa shape index (κ2) is 7.75. The number of likely N-dealkylation sites (tertiary alicyclic amines) is 1. The maximum absolute atomic E-state index is 12.8. The Bertz CT molecular complexity index is 801. The third-order valence-electron chi connectivity index (χ3n) is 5.70. The molecule has 2 aliphatic heterocycles. The molecule has 1 aromatic heterocycles. The van der Waals surface area contributed by atoms with Crippen LogP contribution in [0.25, 0.3) is 0 Å². The molecular formula is C21H27N5O2. The molecule has 1 spiro atoms. The standard InChI is InChI=1S/C21H27N5O2/c1-25(2)18-6-4-16(5-7-18)19(27)26-12-8-21(9-13-26)14-17(15-28-21)24-20-22-10-3-11-23-20/h3-7,10-11,17H,8-9,12-15H2,1-2H3,(H,22,23,24)/t17-/m0/s1. The van der Waals surface area contributed by atoms with Gasteiger partial charge in [-0.3, -0.25) is 4.79 Å². The lowest BCUT2D eigenvalue weighted by Crippen LogP contribution is -2.46. The van der Waals surface area contributed by atoms with Crippen LogP contribution in [0.15, 0.2) is 42.7 Å². The Hall–Kier alpha value is -2.67. The number of piperidine rings is 1. The van der Waals surface area contributed by atoms with Crippen molar-refractivity contribution in [2.45, 2.75) is 30.9 Å². The third-order valence-corrected chi connectivity index (χ3v) is 5.70. The lowest BCUT2D eigenvalue weighted by molar-refractivity contribution is -0.0388. The zero-order valence-electron chi connectivity index (χ0n) is 16.5. The Balaban J connectivity index is 1.32. The van der Waals surface area contributed by atoms with E-state index in [1.54, 1.807) is 18.5 Å². The molecule has 7 heteroatoms. The number of amides is 1. The fourth-order valence-corrected chi connectivity index (χ4v) is 4.04. The summed E-state index contributed by atoms with van der Waals surface area (Å²) in [5, 5.41) is 3.35. The number of carbonyl (C=O) groups excluding carboxylic acids is 1. The van der Waals surface area contributed by atoms with Crippen LogP contribution in [-0.4, -0.2) is 66.2 Å². The third kappa shape index (κ3) is 3.94. The first-order valence-corrected chi connectivity index (χ1v) is 9.79. The number of anilines is 2. The van der Waals surface area contributed by atoms with Gasteiger partial charge in [-0.2, -0.15) is 0 Å². The summed E-state index contributed by atoms with van der Waals surface area (Å²) in [6, 6.07) is 9.81. The molecule has 0 saturated carbocycles. The van der Waals surface area contributed by atoms with Gasteiger partial charge in [0, 0.05) is 50.8 Å². The van der Waals surface area contributed by atoms with Gasteiger partial charge in [-0.1, -0.05) is 0 Å². The number of hydrogen-bond donors (Lipinski definition) is 1. The number of carbonyl (C=O) groups is 1. The first kappa shape index (κ1) is 18.7. The summed E-state index contributed by atoms with van der Waals surface area (Å²) in [7, 11) is 3.99. The molecule has 1 aromatic carbocycles. The molecule has 7 nitrogen and oxygen atoms in total. The summed E-state index contributed by atoms with van der Waals surface area (Å²) in [6.45, 7) is 2.10. The smallest absolute Gasteiger partial charge is 0.253 e. The van der Waals surface area contributed by atoms with E-state index in [0.717, 1.165) is 43.6 Å². The molecule has 3 heterocycles. The van der Waals surface area contributed by atoms with Crippen LogP contribution >= 0.6 is 0 Å². The highest BCUT2D eigenvalue weighted by Crippen LogP contribution is 2.37. The summed E-state index contributed by atoms with van der Waals surface area (Å²) in [6.07, 6.45) is 6.11. The van der Waals surface area contributed by atoms with Gasteiger partial charge >= 0.3 is 0 Å². The first-order chi connectivity index (χ1) is 13.5. The molecule has 2 aliphatic rings. The predicted octanol–water partition coefficient (Wildman–Crippen LogP) is 2.42. The molecular weight excluding hydrogens is 354 g/mol. The van der Waals surface area contributed by atoms with Gasteiger partial charge in [-0.25, -0.2) is 9.97 Å². The Morgan fingerprint density at radius 1 is 1.18 bits per heavy atom. The second-order valence-corrected chi connectivity index (χ2v) is 7.85. The van der Waals surface area contributed by atoms with E-state index < -0.39 is 0 Å². The lowest BCUT2D eigenvalue weighted by atomic mass is 9.87. The number of nitrogens with one attached hydrogen (secondary N) is 1. The van der Waals surface area contributed by atoms with Gasteiger partial charge in [0.2, 0.25) is 5.95 Å². The van der Waals surface area contributed by atoms with Gasteiger partial charge in [0.25, 0.3) is 5.91 Å². The summed E-state index contributed by atoms with van der Waals surface area (Å²) >= 11 is 0. The van der Waals surface area contributed by atoms with E-state index in [0.29, 0.717) is 12.6 Å². The fourth-order valence-electron chi connectivity index (χ4n) is 4.04. The van der Waals surface area contributed by atoms with Gasteiger partial charge in [0.05, 0.1) is 18.2 Å². The molecule has 2 saturated heterocycles. The van der Waals surface area contributed by atoms with E-state index in [4.69, 9.17) is 4.74 Å². The van der Waals surface area contributed by atoms with Crippen LogP contribution < -0.4 is 10.2 Å². The Morgan fingerprint density at radius 3 is 2.50 bits per heavy atom. The highest BCUT2D eigenvalue weighted by molar-refractivity contribution is 5.94. The van der Waals surface area contributed by atoms with Crippen molar-refractivity contribution in [1.29, 1.82) is 0 Å². The largest absolute Gasteiger partial charge is 0.378 e. The van der Waals surface area contributed by atoms with Crippen LogP contribution in [0.5, 0.6) is 0 Å². The van der Waals surface area contributed by atoms with Crippen molar-refractivity contribution in [3.8, 4) is 0 Å². The summed E-state index contributed by atoms with van der Waals surface area (Å²) in [4.78, 5) is 25.3. The van der Waals surface area contributed by atoms with E-state index in [-0.39, 0.29) is 17.6 Å². The van der Waals surface area contributed by atoms with Crippen molar-refractivity contribution >= 4 is 17.5 Å². The Kier molecular flexibility index (Phi) is 5.17. The maximum Gasteiger partial charge on any atom is 0.253 e. The molecule has 2 fully saturated rings. The second-order valence-electron chi connectivity index (χ2n) is 7.85. The molecule has 148 valence electrons. The lowest BCUT2D eigenvalue weighted by Gasteiger charge is -2.38. The van der Waals surface area contributed by atoms with Crippen LogP contribution in [0, 0.1) is 0 Å². The van der Waals surface area contributed by atoms with E-state index in [9.17, 15) is 4.79 Å². The summed E-state index contributed by atoms with van der Waals surface area (Å²) in [5.41, 5.74) is 1.70.